The third-order valence-corrected chi connectivity index (χ3v) is 5.51. The number of carbonyl (C=O) groups is 1. The van der Waals surface area contributed by atoms with Gasteiger partial charge in [0.25, 0.3) is 0 Å². The van der Waals surface area contributed by atoms with Crippen LogP contribution >= 0.6 is 11.7 Å². The fraction of sp³-hybridized carbons (Fsp3) is 0.214. The molecule has 0 aliphatic rings. The fourth-order valence-corrected chi connectivity index (χ4v) is 4.07. The summed E-state index contributed by atoms with van der Waals surface area (Å²) in [5, 5.41) is 2.62. The highest BCUT2D eigenvalue weighted by atomic mass is 32.2. The predicted octanol–water partition coefficient (Wildman–Crippen LogP) is 1.76. The van der Waals surface area contributed by atoms with Gasteiger partial charge in [0, 0.05) is 6.42 Å². The van der Waals surface area contributed by atoms with Crippen molar-refractivity contribution in [2.45, 2.75) is 17.9 Å². The van der Waals surface area contributed by atoms with E-state index in [4.69, 9.17) is 4.42 Å². The zero-order valence-electron chi connectivity index (χ0n) is 11.9. The molecule has 0 fully saturated rings. The maximum atomic E-state index is 12.4. The molecule has 0 saturated carbocycles. The van der Waals surface area contributed by atoms with Crippen molar-refractivity contribution in [2.24, 2.45) is 0 Å². The van der Waals surface area contributed by atoms with E-state index < -0.39 is 9.84 Å². The zero-order chi connectivity index (χ0) is 16.3. The molecule has 3 aromatic rings. The Bertz CT molecular complexity index is 917. The van der Waals surface area contributed by atoms with Crippen molar-refractivity contribution in [3.8, 4) is 0 Å². The first kappa shape index (κ1) is 15.6. The summed E-state index contributed by atoms with van der Waals surface area (Å²) >= 11 is 0.960. The zero-order valence-corrected chi connectivity index (χ0v) is 13.6. The van der Waals surface area contributed by atoms with E-state index >= 15 is 0 Å². The smallest absolute Gasteiger partial charge is 0.221 e. The quantitative estimate of drug-likeness (QED) is 0.726. The van der Waals surface area contributed by atoms with Crippen LogP contribution < -0.4 is 5.32 Å². The van der Waals surface area contributed by atoms with E-state index in [2.05, 4.69) is 14.1 Å². The lowest BCUT2D eigenvalue weighted by Crippen LogP contribution is -2.25. The molecule has 0 saturated heterocycles. The number of fused-ring (bicyclic) bond motifs is 1. The maximum absolute atomic E-state index is 12.4. The largest absolute Gasteiger partial charge is 0.467 e. The van der Waals surface area contributed by atoms with Gasteiger partial charge in [0.1, 0.15) is 16.8 Å². The molecular formula is C14H13N3O4S2. The Morgan fingerprint density at radius 1 is 1.22 bits per heavy atom. The van der Waals surface area contributed by atoms with Gasteiger partial charge in [-0.15, -0.1) is 0 Å². The van der Waals surface area contributed by atoms with Gasteiger partial charge < -0.3 is 9.73 Å². The maximum Gasteiger partial charge on any atom is 0.221 e. The molecule has 9 heteroatoms. The average Bonchev–Trinajstić information content (AvgIpc) is 3.21. The number of rotatable bonds is 6. The minimum atomic E-state index is -3.60. The van der Waals surface area contributed by atoms with Gasteiger partial charge in [-0.3, -0.25) is 4.79 Å². The molecule has 3 rings (SSSR count). The number of nitrogens with one attached hydrogen (secondary N) is 1. The summed E-state index contributed by atoms with van der Waals surface area (Å²) in [6, 6.07) is 8.25. The Morgan fingerprint density at radius 2 is 2.09 bits per heavy atom. The van der Waals surface area contributed by atoms with Crippen LogP contribution in [0.15, 0.2) is 45.9 Å². The molecule has 1 aromatic carbocycles. The molecule has 0 bridgehead atoms. The lowest BCUT2D eigenvalue weighted by atomic mass is 10.3. The van der Waals surface area contributed by atoms with Crippen LogP contribution in [-0.2, 0) is 21.2 Å². The standard InChI is InChI=1S/C14H13N3O4S2/c18-13(15-9-10-3-2-7-21-10)6-8-23(19,20)12-5-1-4-11-14(12)17-22-16-11/h1-5,7H,6,8-9H2,(H,15,18). The van der Waals surface area contributed by atoms with E-state index in [9.17, 15) is 13.2 Å². The van der Waals surface area contributed by atoms with Gasteiger partial charge in [0.15, 0.2) is 9.84 Å². The molecule has 120 valence electrons. The number of hydrogen-bond donors (Lipinski definition) is 1. The summed E-state index contributed by atoms with van der Waals surface area (Å²) in [6.07, 6.45) is 1.38. The topological polar surface area (TPSA) is 102 Å². The molecule has 1 N–H and O–H groups in total. The van der Waals surface area contributed by atoms with Crippen LogP contribution in [-0.4, -0.2) is 28.8 Å². The van der Waals surface area contributed by atoms with Crippen molar-refractivity contribution in [3.63, 3.8) is 0 Å². The minimum absolute atomic E-state index is 0.114. The summed E-state index contributed by atoms with van der Waals surface area (Å²) in [6.45, 7) is 0.234. The van der Waals surface area contributed by atoms with Crippen LogP contribution in [0.4, 0.5) is 0 Å². The number of furan rings is 1. The number of carbonyl (C=O) groups excluding carboxylic acids is 1. The highest BCUT2D eigenvalue weighted by molar-refractivity contribution is 7.91. The summed E-state index contributed by atoms with van der Waals surface area (Å²) in [5.41, 5.74) is 0.895. The fourth-order valence-electron chi connectivity index (χ4n) is 2.06. The number of amides is 1. The summed E-state index contributed by atoms with van der Waals surface area (Å²) < 4.78 is 38.0. The monoisotopic (exact) mass is 351 g/mol. The lowest BCUT2D eigenvalue weighted by molar-refractivity contribution is -0.120. The molecule has 0 atom stereocenters. The summed E-state index contributed by atoms with van der Waals surface area (Å²) in [4.78, 5) is 11.9. The van der Waals surface area contributed by atoms with E-state index in [0.29, 0.717) is 16.8 Å². The first-order chi connectivity index (χ1) is 11.1. The molecule has 2 aromatic heterocycles. The Labute approximate surface area is 136 Å². The lowest BCUT2D eigenvalue weighted by Gasteiger charge is -2.06. The minimum Gasteiger partial charge on any atom is -0.467 e. The van der Waals surface area contributed by atoms with E-state index in [-0.39, 0.29) is 29.5 Å². The van der Waals surface area contributed by atoms with Crippen LogP contribution in [0, 0.1) is 0 Å². The second kappa shape index (κ2) is 6.47. The van der Waals surface area contributed by atoms with Gasteiger partial charge in [0.2, 0.25) is 5.91 Å². The normalized spacial score (nSPS) is 11.7. The van der Waals surface area contributed by atoms with Crippen molar-refractivity contribution in [1.82, 2.24) is 14.1 Å². The second-order valence-electron chi connectivity index (χ2n) is 4.81. The van der Waals surface area contributed by atoms with Gasteiger partial charge in [0.05, 0.1) is 35.2 Å². The van der Waals surface area contributed by atoms with Crippen LogP contribution in [0.3, 0.4) is 0 Å². The van der Waals surface area contributed by atoms with E-state index in [1.165, 1.54) is 12.3 Å². The number of hydrogen-bond acceptors (Lipinski definition) is 7. The Kier molecular flexibility index (Phi) is 4.39. The van der Waals surface area contributed by atoms with Crippen LogP contribution in [0.25, 0.3) is 11.0 Å². The van der Waals surface area contributed by atoms with Gasteiger partial charge in [-0.25, -0.2) is 8.42 Å². The second-order valence-corrected chi connectivity index (χ2v) is 7.42. The van der Waals surface area contributed by atoms with E-state index in [1.54, 1.807) is 24.3 Å². The molecular weight excluding hydrogens is 338 g/mol. The first-order valence-electron chi connectivity index (χ1n) is 6.79. The van der Waals surface area contributed by atoms with E-state index in [0.717, 1.165) is 11.7 Å². The molecule has 1 amide bonds. The molecule has 0 radical (unpaired) electrons. The first-order valence-corrected chi connectivity index (χ1v) is 9.18. The number of benzene rings is 1. The van der Waals surface area contributed by atoms with Gasteiger partial charge >= 0.3 is 0 Å². The van der Waals surface area contributed by atoms with Crippen molar-refractivity contribution in [1.29, 1.82) is 0 Å². The van der Waals surface area contributed by atoms with Crippen molar-refractivity contribution in [3.05, 3.63) is 42.4 Å². The molecule has 0 aliphatic carbocycles. The molecule has 0 spiro atoms. The Morgan fingerprint density at radius 3 is 2.87 bits per heavy atom. The third kappa shape index (κ3) is 3.57. The average molecular weight is 351 g/mol. The van der Waals surface area contributed by atoms with Crippen molar-refractivity contribution >= 4 is 38.5 Å². The van der Waals surface area contributed by atoms with Crippen LogP contribution in [0.2, 0.25) is 0 Å². The molecule has 2 heterocycles. The predicted molar refractivity (Wildman–Crippen MR) is 84.6 cm³/mol. The highest BCUT2D eigenvalue weighted by Crippen LogP contribution is 2.22. The SMILES string of the molecule is O=C(CCS(=O)(=O)c1cccc2nsnc12)NCc1ccco1. The summed E-state index contributed by atoms with van der Waals surface area (Å²) in [7, 11) is -3.60. The van der Waals surface area contributed by atoms with Crippen molar-refractivity contribution < 1.29 is 17.6 Å². The molecule has 0 unspecified atom stereocenters. The molecule has 7 nitrogen and oxygen atoms in total. The number of aromatic nitrogens is 2. The number of sulfone groups is 1. The Balaban J connectivity index is 1.64. The Hall–Kier alpha value is -2.26. The molecule has 23 heavy (non-hydrogen) atoms. The third-order valence-electron chi connectivity index (χ3n) is 3.22. The van der Waals surface area contributed by atoms with E-state index in [1.807, 2.05) is 0 Å². The van der Waals surface area contributed by atoms with Crippen molar-refractivity contribution in [2.75, 3.05) is 5.75 Å². The number of nitrogens with zero attached hydrogens (tertiary/aromatic N) is 2. The van der Waals surface area contributed by atoms with Gasteiger partial charge in [-0.2, -0.15) is 8.75 Å². The van der Waals surface area contributed by atoms with Gasteiger partial charge in [-0.1, -0.05) is 6.07 Å². The molecule has 0 aliphatic heterocycles. The van der Waals surface area contributed by atoms with Crippen LogP contribution in [0.5, 0.6) is 0 Å². The summed E-state index contributed by atoms with van der Waals surface area (Å²) in [5.74, 6) is -0.0266. The van der Waals surface area contributed by atoms with Crippen LogP contribution in [0.1, 0.15) is 12.2 Å². The van der Waals surface area contributed by atoms with Gasteiger partial charge in [-0.05, 0) is 24.3 Å². The highest BCUT2D eigenvalue weighted by Gasteiger charge is 2.20.